The van der Waals surface area contributed by atoms with E-state index >= 15 is 0 Å². The molecule has 5 aromatic rings. The normalized spacial score (nSPS) is 11.0. The highest BCUT2D eigenvalue weighted by atomic mass is 16.5. The third kappa shape index (κ3) is 2.60. The molecule has 0 aliphatic rings. The number of rotatable bonds is 3. The van der Waals surface area contributed by atoms with Crippen molar-refractivity contribution in [1.82, 2.24) is 9.97 Å². The molecular formula is C25H18N2O. The monoisotopic (exact) mass is 362 g/mol. The quantitative estimate of drug-likeness (QED) is 0.362. The minimum Gasteiger partial charge on any atom is -0.494 e. The number of ether oxygens (including phenoxy) is 1. The molecule has 3 nitrogen and oxygen atoms in total. The Bertz CT molecular complexity index is 1280. The van der Waals surface area contributed by atoms with Gasteiger partial charge in [-0.05, 0) is 29.0 Å². The number of fused-ring (bicyclic) bond motifs is 3. The number of aromatic nitrogens is 2. The Hall–Kier alpha value is -3.72. The van der Waals surface area contributed by atoms with Crippen LogP contribution in [0.1, 0.15) is 0 Å². The molecule has 2 heterocycles. The second kappa shape index (κ2) is 6.78. The van der Waals surface area contributed by atoms with E-state index in [9.17, 15) is 0 Å². The number of nitrogens with zero attached hydrogens (tertiary/aromatic N) is 2. The van der Waals surface area contributed by atoms with Crippen LogP contribution in [0.2, 0.25) is 0 Å². The molecule has 0 unspecified atom stereocenters. The molecular weight excluding hydrogens is 344 g/mol. The van der Waals surface area contributed by atoms with Crippen LogP contribution in [0.4, 0.5) is 0 Å². The first-order chi connectivity index (χ1) is 13.9. The van der Waals surface area contributed by atoms with Crippen LogP contribution in [-0.2, 0) is 0 Å². The average Bonchev–Trinajstić information content (AvgIpc) is 2.79. The summed E-state index contributed by atoms with van der Waals surface area (Å²) < 4.78 is 5.87. The van der Waals surface area contributed by atoms with E-state index in [1.54, 1.807) is 13.3 Å². The first-order valence-corrected chi connectivity index (χ1v) is 9.23. The van der Waals surface area contributed by atoms with Crippen molar-refractivity contribution in [3.8, 4) is 28.4 Å². The molecule has 3 heteroatoms. The maximum Gasteiger partial charge on any atom is 0.153 e. The van der Waals surface area contributed by atoms with Gasteiger partial charge in [0, 0.05) is 22.5 Å². The minimum atomic E-state index is 0.784. The van der Waals surface area contributed by atoms with Crippen LogP contribution >= 0.6 is 0 Å². The Kier molecular flexibility index (Phi) is 3.99. The molecule has 0 aliphatic carbocycles. The standard InChI is InChI=1S/C25H18N2O/c1-28-25-20-15-14-17-9-5-6-12-19(17)22(20)24(21-13-7-8-16-26-21)27-23(25)18-10-3-2-4-11-18/h2-16H,1H3. The van der Waals surface area contributed by atoms with Crippen molar-refractivity contribution in [2.24, 2.45) is 0 Å². The van der Waals surface area contributed by atoms with E-state index < -0.39 is 0 Å². The van der Waals surface area contributed by atoms with Gasteiger partial charge in [0.2, 0.25) is 0 Å². The van der Waals surface area contributed by atoms with Crippen LogP contribution in [0, 0.1) is 0 Å². The number of benzene rings is 3. The van der Waals surface area contributed by atoms with Gasteiger partial charge in [-0.3, -0.25) is 4.98 Å². The lowest BCUT2D eigenvalue weighted by Crippen LogP contribution is -1.98. The summed E-state index contributed by atoms with van der Waals surface area (Å²) >= 11 is 0. The molecule has 0 saturated carbocycles. The highest BCUT2D eigenvalue weighted by Gasteiger charge is 2.19. The molecule has 0 fully saturated rings. The van der Waals surface area contributed by atoms with E-state index in [1.807, 2.05) is 36.4 Å². The first-order valence-electron chi connectivity index (χ1n) is 9.23. The summed E-state index contributed by atoms with van der Waals surface area (Å²) in [6, 6.07) is 28.7. The third-order valence-electron chi connectivity index (χ3n) is 5.01. The van der Waals surface area contributed by atoms with Crippen molar-refractivity contribution < 1.29 is 4.74 Å². The van der Waals surface area contributed by atoms with Crippen LogP contribution < -0.4 is 4.74 Å². The lowest BCUT2D eigenvalue weighted by molar-refractivity contribution is 0.420. The van der Waals surface area contributed by atoms with Gasteiger partial charge in [-0.1, -0.05) is 66.7 Å². The molecule has 0 N–H and O–H groups in total. The minimum absolute atomic E-state index is 0.784. The predicted octanol–water partition coefficient (Wildman–Crippen LogP) is 6.13. The molecule has 0 bridgehead atoms. The van der Waals surface area contributed by atoms with Crippen molar-refractivity contribution in [3.63, 3.8) is 0 Å². The fraction of sp³-hybridized carbons (Fsp3) is 0.0400. The lowest BCUT2D eigenvalue weighted by atomic mass is 9.96. The zero-order chi connectivity index (χ0) is 18.9. The van der Waals surface area contributed by atoms with Gasteiger partial charge in [0.1, 0.15) is 5.69 Å². The SMILES string of the molecule is COc1c(-c2ccccc2)nc(-c2ccccn2)c2c1ccc1ccccc12. The van der Waals surface area contributed by atoms with Crippen molar-refractivity contribution in [3.05, 3.63) is 91.1 Å². The highest BCUT2D eigenvalue weighted by Crippen LogP contribution is 2.42. The predicted molar refractivity (Wildman–Crippen MR) is 114 cm³/mol. The van der Waals surface area contributed by atoms with E-state index in [0.29, 0.717) is 0 Å². The Morgan fingerprint density at radius 3 is 2.25 bits per heavy atom. The molecule has 0 atom stereocenters. The smallest absolute Gasteiger partial charge is 0.153 e. The molecule has 0 amide bonds. The van der Waals surface area contributed by atoms with Crippen molar-refractivity contribution >= 4 is 21.5 Å². The fourth-order valence-corrected chi connectivity index (χ4v) is 3.75. The van der Waals surface area contributed by atoms with E-state index in [1.165, 1.54) is 5.39 Å². The van der Waals surface area contributed by atoms with Crippen molar-refractivity contribution in [1.29, 1.82) is 0 Å². The van der Waals surface area contributed by atoms with E-state index in [2.05, 4.69) is 53.5 Å². The number of hydrogen-bond acceptors (Lipinski definition) is 3. The summed E-state index contributed by atoms with van der Waals surface area (Å²) in [5.74, 6) is 0.784. The lowest BCUT2D eigenvalue weighted by Gasteiger charge is -2.16. The van der Waals surface area contributed by atoms with E-state index in [-0.39, 0.29) is 0 Å². The molecule has 28 heavy (non-hydrogen) atoms. The van der Waals surface area contributed by atoms with Gasteiger partial charge in [-0.25, -0.2) is 4.98 Å². The van der Waals surface area contributed by atoms with Crippen LogP contribution in [0.5, 0.6) is 5.75 Å². The molecule has 0 saturated heterocycles. The van der Waals surface area contributed by atoms with Crippen LogP contribution in [-0.4, -0.2) is 17.1 Å². The van der Waals surface area contributed by atoms with Crippen LogP contribution in [0.25, 0.3) is 44.2 Å². The summed E-state index contributed by atoms with van der Waals surface area (Å²) in [5.41, 5.74) is 3.56. The van der Waals surface area contributed by atoms with Gasteiger partial charge in [0.05, 0.1) is 18.5 Å². The van der Waals surface area contributed by atoms with Gasteiger partial charge < -0.3 is 4.74 Å². The van der Waals surface area contributed by atoms with Gasteiger partial charge in [-0.2, -0.15) is 0 Å². The van der Waals surface area contributed by atoms with Gasteiger partial charge in [-0.15, -0.1) is 0 Å². The zero-order valence-corrected chi connectivity index (χ0v) is 15.5. The maximum atomic E-state index is 5.87. The Labute approximate surface area is 163 Å². The average molecular weight is 362 g/mol. The third-order valence-corrected chi connectivity index (χ3v) is 5.01. The van der Waals surface area contributed by atoms with E-state index in [4.69, 9.17) is 9.72 Å². The number of hydrogen-bond donors (Lipinski definition) is 0. The van der Waals surface area contributed by atoms with Crippen LogP contribution in [0.3, 0.4) is 0 Å². The highest BCUT2D eigenvalue weighted by molar-refractivity contribution is 6.16. The Morgan fingerprint density at radius 1 is 0.679 bits per heavy atom. The first kappa shape index (κ1) is 16.5. The Morgan fingerprint density at radius 2 is 1.46 bits per heavy atom. The molecule has 0 radical (unpaired) electrons. The molecule has 2 aromatic heterocycles. The number of methoxy groups -OCH3 is 1. The second-order valence-electron chi connectivity index (χ2n) is 6.63. The maximum absolute atomic E-state index is 5.87. The summed E-state index contributed by atoms with van der Waals surface area (Å²) in [7, 11) is 1.71. The number of pyridine rings is 2. The van der Waals surface area contributed by atoms with Crippen LogP contribution in [0.15, 0.2) is 91.1 Å². The summed E-state index contributed by atoms with van der Waals surface area (Å²) in [4.78, 5) is 9.67. The topological polar surface area (TPSA) is 35.0 Å². The Balaban J connectivity index is 1.98. The van der Waals surface area contributed by atoms with E-state index in [0.717, 1.165) is 44.6 Å². The summed E-state index contributed by atoms with van der Waals surface area (Å²) in [5, 5.41) is 4.42. The van der Waals surface area contributed by atoms with Crippen molar-refractivity contribution in [2.45, 2.75) is 0 Å². The molecule has 0 aliphatic heterocycles. The molecule has 5 rings (SSSR count). The molecule has 0 spiro atoms. The van der Waals surface area contributed by atoms with Gasteiger partial charge in [0.15, 0.2) is 5.75 Å². The fourth-order valence-electron chi connectivity index (χ4n) is 3.75. The van der Waals surface area contributed by atoms with Crippen molar-refractivity contribution in [2.75, 3.05) is 7.11 Å². The molecule has 3 aromatic carbocycles. The largest absolute Gasteiger partial charge is 0.494 e. The molecule has 134 valence electrons. The van der Waals surface area contributed by atoms with Gasteiger partial charge in [0.25, 0.3) is 0 Å². The zero-order valence-electron chi connectivity index (χ0n) is 15.5. The second-order valence-corrected chi connectivity index (χ2v) is 6.63. The summed E-state index contributed by atoms with van der Waals surface area (Å²) in [6.07, 6.45) is 1.81. The summed E-state index contributed by atoms with van der Waals surface area (Å²) in [6.45, 7) is 0. The van der Waals surface area contributed by atoms with Gasteiger partial charge >= 0.3 is 0 Å².